The van der Waals surface area contributed by atoms with Gasteiger partial charge in [0.25, 0.3) is 0 Å². The lowest BCUT2D eigenvalue weighted by Crippen LogP contribution is -2.22. The van der Waals surface area contributed by atoms with Crippen LogP contribution < -0.4 is 10.4 Å². The average molecular weight is 340 g/mol. The van der Waals surface area contributed by atoms with E-state index in [1.165, 1.54) is 0 Å². The van der Waals surface area contributed by atoms with Crippen molar-refractivity contribution in [2.45, 2.75) is 6.92 Å². The lowest BCUT2D eigenvalue weighted by Gasteiger charge is -2.02. The summed E-state index contributed by atoms with van der Waals surface area (Å²) in [6.45, 7) is 13.4. The van der Waals surface area contributed by atoms with E-state index in [4.69, 9.17) is 4.42 Å². The molecule has 3 aromatic rings. The van der Waals surface area contributed by atoms with Gasteiger partial charge in [-0.25, -0.2) is 0 Å². The number of nitrogens with zero attached hydrogens (tertiary/aromatic N) is 2. The van der Waals surface area contributed by atoms with Crippen molar-refractivity contribution in [3.63, 3.8) is 0 Å². The molecule has 128 valence electrons. The second-order valence-electron chi connectivity index (χ2n) is 5.93. The summed E-state index contributed by atoms with van der Waals surface area (Å²) < 4.78 is 5.52. The van der Waals surface area contributed by atoms with Crippen LogP contribution in [0.4, 0.5) is 11.4 Å². The van der Waals surface area contributed by atoms with E-state index in [2.05, 4.69) is 42.9 Å². The third kappa shape index (κ3) is 3.95. The van der Waals surface area contributed by atoms with Gasteiger partial charge in [0.1, 0.15) is 11.5 Å². The highest BCUT2D eigenvalue weighted by molar-refractivity contribution is 5.79. The van der Waals surface area contributed by atoms with Crippen molar-refractivity contribution in [3.8, 4) is 0 Å². The van der Waals surface area contributed by atoms with E-state index in [0.717, 1.165) is 38.7 Å². The smallest absolute Gasteiger partial charge is 0.145 e. The highest BCUT2D eigenvalue weighted by Crippen LogP contribution is 2.17. The fourth-order valence-electron chi connectivity index (χ4n) is 2.59. The van der Waals surface area contributed by atoms with Gasteiger partial charge < -0.3 is 4.42 Å². The Labute approximate surface area is 153 Å². The lowest BCUT2D eigenvalue weighted by molar-refractivity contribution is 0.550. The van der Waals surface area contributed by atoms with Crippen LogP contribution in [0, 0.1) is 6.92 Å². The molecule has 0 saturated heterocycles. The molecule has 0 aliphatic carbocycles. The van der Waals surface area contributed by atoms with Crippen molar-refractivity contribution in [1.29, 1.82) is 0 Å². The predicted octanol–water partition coefficient (Wildman–Crippen LogP) is 4.55. The molecule has 1 aromatic heterocycles. The van der Waals surface area contributed by atoms with Crippen molar-refractivity contribution in [3.05, 3.63) is 88.2 Å². The Balaban J connectivity index is 1.88. The number of benzene rings is 2. The van der Waals surface area contributed by atoms with Gasteiger partial charge in [-0.2, -0.15) is 0 Å². The Bertz CT molecular complexity index is 1100. The number of rotatable bonds is 5. The van der Waals surface area contributed by atoms with Crippen LogP contribution >= 0.6 is 0 Å². The largest absolute Gasteiger partial charge is 0.456 e. The number of aliphatic imine (C=N–C) groups is 2. The van der Waals surface area contributed by atoms with Gasteiger partial charge in [0.05, 0.1) is 17.6 Å². The molecule has 0 bridgehead atoms. The maximum atomic E-state index is 5.52. The predicted molar refractivity (Wildman–Crippen MR) is 111 cm³/mol. The van der Waals surface area contributed by atoms with Crippen LogP contribution in [0.25, 0.3) is 18.7 Å². The Morgan fingerprint density at radius 2 is 1.73 bits per heavy atom. The van der Waals surface area contributed by atoms with Crippen molar-refractivity contribution in [2.24, 2.45) is 9.98 Å². The van der Waals surface area contributed by atoms with Crippen molar-refractivity contribution in [1.82, 2.24) is 0 Å². The number of hydrogen-bond acceptors (Lipinski definition) is 3. The monoisotopic (exact) mass is 340 g/mol. The Morgan fingerprint density at radius 3 is 2.38 bits per heavy atom. The van der Waals surface area contributed by atoms with Gasteiger partial charge in [-0.15, -0.1) is 0 Å². The van der Waals surface area contributed by atoms with Crippen LogP contribution in [0.3, 0.4) is 0 Å². The molecule has 0 amide bonds. The molecule has 0 atom stereocenters. The van der Waals surface area contributed by atoms with Gasteiger partial charge in [0.2, 0.25) is 0 Å². The van der Waals surface area contributed by atoms with E-state index in [1.807, 2.05) is 48.5 Å². The maximum Gasteiger partial charge on any atom is 0.145 e. The van der Waals surface area contributed by atoms with E-state index in [9.17, 15) is 0 Å². The zero-order chi connectivity index (χ0) is 18.5. The van der Waals surface area contributed by atoms with E-state index in [-0.39, 0.29) is 0 Å². The summed E-state index contributed by atoms with van der Waals surface area (Å²) in [6.07, 6.45) is 5.47. The van der Waals surface area contributed by atoms with Gasteiger partial charge in [0.15, 0.2) is 0 Å². The molecule has 3 heteroatoms. The Morgan fingerprint density at radius 1 is 0.962 bits per heavy atom. The van der Waals surface area contributed by atoms with E-state index < -0.39 is 0 Å². The minimum absolute atomic E-state index is 0.688. The van der Waals surface area contributed by atoms with Crippen molar-refractivity contribution < 1.29 is 4.42 Å². The molecular weight excluding hydrogens is 320 g/mol. The molecule has 0 saturated carbocycles. The van der Waals surface area contributed by atoms with Crippen molar-refractivity contribution in [2.75, 3.05) is 0 Å². The molecule has 3 rings (SSSR count). The molecule has 2 aromatic carbocycles. The van der Waals surface area contributed by atoms with Gasteiger partial charge in [-0.05, 0) is 83.8 Å². The summed E-state index contributed by atoms with van der Waals surface area (Å²) in [7, 11) is 0. The minimum Gasteiger partial charge on any atom is -0.456 e. The van der Waals surface area contributed by atoms with E-state index in [0.29, 0.717) is 5.76 Å². The fraction of sp³-hybridized carbons (Fsp3) is 0.0435. The minimum atomic E-state index is 0.688. The number of hydrogen-bond donors (Lipinski definition) is 0. The molecular formula is C23H20N2O. The third-order valence-corrected chi connectivity index (χ3v) is 4.06. The highest BCUT2D eigenvalue weighted by Gasteiger charge is 1.98. The molecule has 3 nitrogen and oxygen atoms in total. The van der Waals surface area contributed by atoms with Crippen LogP contribution in [0.2, 0.25) is 0 Å². The first-order valence-electron chi connectivity index (χ1n) is 8.23. The lowest BCUT2D eigenvalue weighted by atomic mass is 10.1. The molecule has 0 spiro atoms. The summed E-state index contributed by atoms with van der Waals surface area (Å²) in [4.78, 5) is 8.40. The number of furan rings is 1. The first-order chi connectivity index (χ1) is 12.6. The standard InChI is InChI=1S/C23H20N2O/c1-5-22-10-11-23(26-22)15-25-21-9-7-19(17(3)13-21)14-18-6-8-20(24-4)12-16(18)2/h5-15H,1,3-4H2,2H3/b19-14-,25-15?. The van der Waals surface area contributed by atoms with Crippen LogP contribution in [0.5, 0.6) is 0 Å². The molecule has 0 aliphatic rings. The second kappa shape index (κ2) is 7.62. The molecule has 1 heterocycles. The molecule has 0 unspecified atom stereocenters. The molecule has 26 heavy (non-hydrogen) atoms. The van der Waals surface area contributed by atoms with E-state index in [1.54, 1.807) is 12.3 Å². The van der Waals surface area contributed by atoms with Gasteiger partial charge >= 0.3 is 0 Å². The second-order valence-corrected chi connectivity index (χ2v) is 5.93. The first-order valence-corrected chi connectivity index (χ1v) is 8.23. The van der Waals surface area contributed by atoms with Crippen LogP contribution in [0.1, 0.15) is 22.6 Å². The van der Waals surface area contributed by atoms with E-state index >= 15 is 0 Å². The zero-order valence-corrected chi connectivity index (χ0v) is 14.8. The van der Waals surface area contributed by atoms with Crippen LogP contribution in [0.15, 0.2) is 69.5 Å². The van der Waals surface area contributed by atoms with Crippen LogP contribution in [-0.2, 0) is 0 Å². The zero-order valence-electron chi connectivity index (χ0n) is 14.8. The Hall–Kier alpha value is -3.46. The number of aryl methyl sites for hydroxylation is 1. The fourth-order valence-corrected chi connectivity index (χ4v) is 2.59. The maximum absolute atomic E-state index is 5.52. The summed E-state index contributed by atoms with van der Waals surface area (Å²) in [5.74, 6) is 1.41. The highest BCUT2D eigenvalue weighted by atomic mass is 16.3. The summed E-state index contributed by atoms with van der Waals surface area (Å²) in [5.41, 5.74) is 3.97. The molecule has 0 N–H and O–H groups in total. The molecule has 0 fully saturated rings. The SMILES string of the molecule is C=Cc1ccc(C=Nc2cc/c(=C/c3ccc(N=C)cc3C)c(=C)c2)o1. The third-order valence-electron chi connectivity index (χ3n) is 4.06. The van der Waals surface area contributed by atoms with Gasteiger partial charge in [-0.1, -0.05) is 25.3 Å². The molecule has 0 radical (unpaired) electrons. The van der Waals surface area contributed by atoms with Crippen LogP contribution in [-0.4, -0.2) is 12.9 Å². The Kier molecular flexibility index (Phi) is 5.09. The van der Waals surface area contributed by atoms with Gasteiger partial charge in [0, 0.05) is 0 Å². The van der Waals surface area contributed by atoms with Crippen molar-refractivity contribution >= 4 is 43.0 Å². The normalized spacial score (nSPS) is 11.8. The average Bonchev–Trinajstić information content (AvgIpc) is 3.11. The molecule has 0 aliphatic heterocycles. The summed E-state index contributed by atoms with van der Waals surface area (Å²) >= 11 is 0. The van der Waals surface area contributed by atoms with Gasteiger partial charge in [-0.3, -0.25) is 9.98 Å². The quantitative estimate of drug-likeness (QED) is 0.628. The topological polar surface area (TPSA) is 37.9 Å². The summed E-state index contributed by atoms with van der Waals surface area (Å²) in [6, 6.07) is 15.7. The first kappa shape index (κ1) is 17.4. The summed E-state index contributed by atoms with van der Waals surface area (Å²) in [5, 5.41) is 1.97.